The number of carboxylic acids is 1. The highest BCUT2D eigenvalue weighted by atomic mass is 16.5. The molecule has 1 saturated carbocycles. The normalized spacial score (nSPS) is 22.7. The molecule has 1 aliphatic carbocycles. The Labute approximate surface area is 167 Å². The van der Waals surface area contributed by atoms with E-state index in [1.807, 2.05) is 24.3 Å². The van der Waals surface area contributed by atoms with Gasteiger partial charge in [-0.25, -0.2) is 0 Å². The maximum absolute atomic E-state index is 12.5. The lowest BCUT2D eigenvalue weighted by molar-refractivity contribution is -0.148. The van der Waals surface area contributed by atoms with Gasteiger partial charge in [-0.15, -0.1) is 0 Å². The number of carbonyl (C=O) groups excluding carboxylic acids is 1. The molecule has 1 heterocycles. The van der Waals surface area contributed by atoms with Gasteiger partial charge in [-0.05, 0) is 56.8 Å². The van der Waals surface area contributed by atoms with E-state index in [1.165, 1.54) is 12.8 Å². The first-order chi connectivity index (χ1) is 13.6. The molecule has 1 amide bonds. The molecular formula is C22H32N2O4. The zero-order valence-electron chi connectivity index (χ0n) is 16.6. The minimum absolute atomic E-state index is 0.125. The number of nitrogens with zero attached hydrogens (tertiary/aromatic N) is 1. The van der Waals surface area contributed by atoms with Crippen LogP contribution in [0.2, 0.25) is 0 Å². The van der Waals surface area contributed by atoms with Gasteiger partial charge >= 0.3 is 5.97 Å². The number of para-hydroxylation sites is 1. The molecule has 2 aliphatic rings. The third-order valence-corrected chi connectivity index (χ3v) is 5.95. The van der Waals surface area contributed by atoms with E-state index < -0.39 is 17.8 Å². The maximum atomic E-state index is 12.5. The van der Waals surface area contributed by atoms with Crippen molar-refractivity contribution in [3.8, 4) is 5.75 Å². The van der Waals surface area contributed by atoms with E-state index in [0.717, 1.165) is 43.8 Å². The number of aliphatic carboxylic acids is 1. The zero-order valence-corrected chi connectivity index (χ0v) is 16.6. The van der Waals surface area contributed by atoms with Crippen LogP contribution in [0, 0.1) is 11.8 Å². The molecule has 0 spiro atoms. The first-order valence-electron chi connectivity index (χ1n) is 10.6. The minimum atomic E-state index is -0.850. The molecule has 1 saturated heterocycles. The number of benzene rings is 1. The Hall–Kier alpha value is -2.08. The first kappa shape index (κ1) is 20.6. The van der Waals surface area contributed by atoms with Crippen LogP contribution in [0.4, 0.5) is 0 Å². The molecule has 0 aromatic heterocycles. The number of hydrogen-bond acceptors (Lipinski definition) is 4. The summed E-state index contributed by atoms with van der Waals surface area (Å²) in [5, 5.41) is 12.3. The highest BCUT2D eigenvalue weighted by Crippen LogP contribution is 2.30. The molecule has 2 fully saturated rings. The molecule has 1 aliphatic heterocycles. The van der Waals surface area contributed by atoms with Crippen molar-refractivity contribution in [2.75, 3.05) is 32.8 Å². The summed E-state index contributed by atoms with van der Waals surface area (Å²) in [6.07, 6.45) is 6.31. The fourth-order valence-corrected chi connectivity index (χ4v) is 4.33. The van der Waals surface area contributed by atoms with Crippen LogP contribution < -0.4 is 10.1 Å². The van der Waals surface area contributed by atoms with Gasteiger partial charge in [0.1, 0.15) is 12.4 Å². The third kappa shape index (κ3) is 5.71. The van der Waals surface area contributed by atoms with Crippen LogP contribution in [0.5, 0.6) is 5.75 Å². The lowest BCUT2D eigenvalue weighted by Gasteiger charge is -2.27. The largest absolute Gasteiger partial charge is 0.492 e. The first-order valence-corrected chi connectivity index (χ1v) is 10.6. The van der Waals surface area contributed by atoms with Crippen molar-refractivity contribution in [2.45, 2.75) is 44.9 Å². The molecule has 1 aromatic carbocycles. The van der Waals surface area contributed by atoms with Crippen LogP contribution in [0.15, 0.2) is 24.3 Å². The van der Waals surface area contributed by atoms with Gasteiger partial charge in [0.15, 0.2) is 0 Å². The van der Waals surface area contributed by atoms with Gasteiger partial charge < -0.3 is 15.2 Å². The summed E-state index contributed by atoms with van der Waals surface area (Å²) >= 11 is 0. The molecule has 0 radical (unpaired) electrons. The number of hydrogen-bond donors (Lipinski definition) is 2. The number of ether oxygens (including phenoxy) is 1. The number of nitrogens with one attached hydrogen (secondary N) is 1. The summed E-state index contributed by atoms with van der Waals surface area (Å²) in [6.45, 7) is 4.44. The number of rotatable bonds is 9. The highest BCUT2D eigenvalue weighted by Gasteiger charge is 2.35. The van der Waals surface area contributed by atoms with Gasteiger partial charge in [0.25, 0.3) is 0 Å². The van der Waals surface area contributed by atoms with Gasteiger partial charge in [0.05, 0.1) is 11.8 Å². The fourth-order valence-electron chi connectivity index (χ4n) is 4.33. The van der Waals surface area contributed by atoms with E-state index in [0.29, 0.717) is 32.4 Å². The molecule has 3 rings (SSSR count). The number of likely N-dealkylation sites (tertiary alicyclic amines) is 1. The number of amides is 1. The van der Waals surface area contributed by atoms with E-state index in [2.05, 4.69) is 10.2 Å². The summed E-state index contributed by atoms with van der Waals surface area (Å²) in [5.41, 5.74) is 1.07. The van der Waals surface area contributed by atoms with E-state index >= 15 is 0 Å². The quantitative estimate of drug-likeness (QED) is 0.680. The zero-order chi connectivity index (χ0) is 19.8. The maximum Gasteiger partial charge on any atom is 0.307 e. The molecule has 154 valence electrons. The Morgan fingerprint density at radius 3 is 2.54 bits per heavy atom. The lowest BCUT2D eigenvalue weighted by Crippen LogP contribution is -2.40. The SMILES string of the molecule is O=C(O)C1CCCCC1C(=O)NCCc1ccccc1OCCN1CCCC1. The van der Waals surface area contributed by atoms with Gasteiger partial charge in [-0.3, -0.25) is 14.5 Å². The summed E-state index contributed by atoms with van der Waals surface area (Å²) in [7, 11) is 0. The van der Waals surface area contributed by atoms with Gasteiger partial charge in [-0.1, -0.05) is 31.0 Å². The van der Waals surface area contributed by atoms with Crippen LogP contribution in [0.3, 0.4) is 0 Å². The molecule has 2 unspecified atom stereocenters. The number of carbonyl (C=O) groups is 2. The molecule has 1 aromatic rings. The summed E-state index contributed by atoms with van der Waals surface area (Å²) in [5.74, 6) is -1.05. The average molecular weight is 389 g/mol. The van der Waals surface area contributed by atoms with Crippen LogP contribution in [-0.4, -0.2) is 54.7 Å². The average Bonchev–Trinajstić information content (AvgIpc) is 3.22. The second-order valence-corrected chi connectivity index (χ2v) is 7.88. The summed E-state index contributed by atoms with van der Waals surface area (Å²) in [6, 6.07) is 7.94. The predicted molar refractivity (Wildman–Crippen MR) is 107 cm³/mol. The van der Waals surface area contributed by atoms with Gasteiger partial charge in [0, 0.05) is 13.1 Å². The Balaban J connectivity index is 1.46. The van der Waals surface area contributed by atoms with Gasteiger partial charge in [0.2, 0.25) is 5.91 Å². The van der Waals surface area contributed by atoms with Crippen LogP contribution in [-0.2, 0) is 16.0 Å². The standard InChI is InChI=1S/C22H32N2O4/c25-21(18-8-2-3-9-19(18)22(26)27)23-12-11-17-7-1-4-10-20(17)28-16-15-24-13-5-6-14-24/h1,4,7,10,18-19H,2-3,5-6,8-9,11-16H2,(H,23,25)(H,26,27). The van der Waals surface area contributed by atoms with Crippen molar-refractivity contribution >= 4 is 11.9 Å². The predicted octanol–water partition coefficient (Wildman–Crippen LogP) is 2.71. The van der Waals surface area contributed by atoms with E-state index in [1.54, 1.807) is 0 Å². The van der Waals surface area contributed by atoms with Gasteiger partial charge in [-0.2, -0.15) is 0 Å². The van der Waals surface area contributed by atoms with Crippen molar-refractivity contribution < 1.29 is 19.4 Å². The Morgan fingerprint density at radius 2 is 1.79 bits per heavy atom. The van der Waals surface area contributed by atoms with Crippen molar-refractivity contribution in [1.29, 1.82) is 0 Å². The Kier molecular flexibility index (Phi) is 7.71. The van der Waals surface area contributed by atoms with Crippen LogP contribution in [0.25, 0.3) is 0 Å². The van der Waals surface area contributed by atoms with Crippen molar-refractivity contribution in [3.63, 3.8) is 0 Å². The fraction of sp³-hybridized carbons (Fsp3) is 0.636. The Morgan fingerprint density at radius 1 is 1.07 bits per heavy atom. The van der Waals surface area contributed by atoms with Crippen molar-refractivity contribution in [1.82, 2.24) is 10.2 Å². The van der Waals surface area contributed by atoms with Crippen LogP contribution >= 0.6 is 0 Å². The van der Waals surface area contributed by atoms with Crippen molar-refractivity contribution in [2.24, 2.45) is 11.8 Å². The molecule has 28 heavy (non-hydrogen) atoms. The van der Waals surface area contributed by atoms with E-state index in [-0.39, 0.29) is 5.91 Å². The second kappa shape index (κ2) is 10.5. The molecule has 6 nitrogen and oxygen atoms in total. The minimum Gasteiger partial charge on any atom is -0.492 e. The topological polar surface area (TPSA) is 78.9 Å². The molecule has 2 atom stereocenters. The van der Waals surface area contributed by atoms with Crippen molar-refractivity contribution in [3.05, 3.63) is 29.8 Å². The smallest absolute Gasteiger partial charge is 0.307 e. The highest BCUT2D eigenvalue weighted by molar-refractivity contribution is 5.84. The van der Waals surface area contributed by atoms with E-state index in [9.17, 15) is 14.7 Å². The van der Waals surface area contributed by atoms with Crippen LogP contribution in [0.1, 0.15) is 44.1 Å². The molecule has 2 N–H and O–H groups in total. The second-order valence-electron chi connectivity index (χ2n) is 7.88. The number of carboxylic acid groups (broad SMARTS) is 1. The summed E-state index contributed by atoms with van der Waals surface area (Å²) < 4.78 is 5.99. The monoisotopic (exact) mass is 388 g/mol. The molecule has 0 bridgehead atoms. The lowest BCUT2D eigenvalue weighted by atomic mass is 9.78. The third-order valence-electron chi connectivity index (χ3n) is 5.95. The molecule has 6 heteroatoms. The molecular weight excluding hydrogens is 356 g/mol. The summed E-state index contributed by atoms with van der Waals surface area (Å²) in [4.78, 5) is 26.3. The van der Waals surface area contributed by atoms with E-state index in [4.69, 9.17) is 4.74 Å². The Bertz CT molecular complexity index is 658.